The van der Waals surface area contributed by atoms with Gasteiger partial charge in [0.1, 0.15) is 5.82 Å². The lowest BCUT2D eigenvalue weighted by atomic mass is 10.2. The Hall–Kier alpha value is -2.02. The molecule has 1 aromatic carbocycles. The van der Waals surface area contributed by atoms with Crippen LogP contribution in [0.3, 0.4) is 0 Å². The first-order chi connectivity index (χ1) is 10.4. The third-order valence-corrected chi connectivity index (χ3v) is 5.39. The van der Waals surface area contributed by atoms with Gasteiger partial charge in [0.2, 0.25) is 0 Å². The molecule has 0 spiro atoms. The van der Waals surface area contributed by atoms with Crippen molar-refractivity contribution in [1.82, 2.24) is 9.97 Å². The first-order valence-corrected chi connectivity index (χ1v) is 8.77. The number of hydrogen-bond donors (Lipinski definition) is 2. The van der Waals surface area contributed by atoms with E-state index in [0.717, 1.165) is 5.69 Å². The molecular formula is C15H20N4O2S. The average molecular weight is 320 g/mol. The third-order valence-electron chi connectivity index (χ3n) is 3.70. The maximum Gasteiger partial charge on any atom is 0.281 e. The number of sulfonamides is 1. The zero-order chi connectivity index (χ0) is 15.9. The van der Waals surface area contributed by atoms with Crippen molar-refractivity contribution in [1.29, 1.82) is 0 Å². The van der Waals surface area contributed by atoms with E-state index in [1.165, 1.54) is 10.5 Å². The van der Waals surface area contributed by atoms with Gasteiger partial charge in [0.05, 0.1) is 24.1 Å². The summed E-state index contributed by atoms with van der Waals surface area (Å²) in [6, 6.07) is 7.47. The molecule has 0 amide bonds. The molecular weight excluding hydrogens is 300 g/mol. The fourth-order valence-electron chi connectivity index (χ4n) is 2.56. The molecule has 0 aliphatic carbocycles. The Labute approximate surface area is 130 Å². The first-order valence-electron chi connectivity index (χ1n) is 7.33. The monoisotopic (exact) mass is 320 g/mol. The Kier molecular flexibility index (Phi) is 3.60. The molecule has 0 radical (unpaired) electrons. The summed E-state index contributed by atoms with van der Waals surface area (Å²) in [6.07, 6.45) is 1.40. The molecule has 0 saturated heterocycles. The predicted molar refractivity (Wildman–Crippen MR) is 86.7 cm³/mol. The summed E-state index contributed by atoms with van der Waals surface area (Å²) in [5, 5.41) is 3.44. The molecule has 22 heavy (non-hydrogen) atoms. The van der Waals surface area contributed by atoms with E-state index in [9.17, 15) is 8.42 Å². The number of imidazole rings is 1. The van der Waals surface area contributed by atoms with E-state index >= 15 is 0 Å². The molecule has 7 heteroatoms. The summed E-state index contributed by atoms with van der Waals surface area (Å²) in [4.78, 5) is 7.11. The van der Waals surface area contributed by atoms with Crippen LogP contribution in [0.5, 0.6) is 0 Å². The molecule has 0 fully saturated rings. The molecule has 1 aliphatic rings. The minimum atomic E-state index is -3.65. The highest BCUT2D eigenvalue weighted by molar-refractivity contribution is 7.92. The smallest absolute Gasteiger partial charge is 0.281 e. The van der Waals surface area contributed by atoms with Gasteiger partial charge in [0.15, 0.2) is 5.03 Å². The lowest BCUT2D eigenvalue weighted by molar-refractivity contribution is 0.583. The quantitative estimate of drug-likeness (QED) is 0.911. The largest absolute Gasteiger partial charge is 0.379 e. The van der Waals surface area contributed by atoms with Gasteiger partial charge in [-0.2, -0.15) is 8.42 Å². The summed E-state index contributed by atoms with van der Waals surface area (Å²) < 4.78 is 27.4. The summed E-state index contributed by atoms with van der Waals surface area (Å²) in [6.45, 7) is 6.29. The highest BCUT2D eigenvalue weighted by Gasteiger charge is 2.32. The molecule has 2 heterocycles. The van der Waals surface area contributed by atoms with Gasteiger partial charge in [0.25, 0.3) is 10.0 Å². The van der Waals surface area contributed by atoms with E-state index in [0.29, 0.717) is 18.1 Å². The predicted octanol–water partition coefficient (Wildman–Crippen LogP) is 2.54. The number of nitrogens with one attached hydrogen (secondary N) is 2. The number of H-pyrrole nitrogens is 1. The Morgan fingerprint density at radius 3 is 2.73 bits per heavy atom. The Morgan fingerprint density at radius 1 is 1.32 bits per heavy atom. The Morgan fingerprint density at radius 2 is 2.05 bits per heavy atom. The molecule has 1 unspecified atom stereocenters. The Bertz CT molecular complexity index is 782. The van der Waals surface area contributed by atoms with Crippen LogP contribution in [0.2, 0.25) is 0 Å². The van der Waals surface area contributed by atoms with Crippen LogP contribution < -0.4 is 9.62 Å². The fourth-order valence-corrected chi connectivity index (χ4v) is 4.06. The second kappa shape index (κ2) is 5.31. The van der Waals surface area contributed by atoms with Crippen molar-refractivity contribution in [3.05, 3.63) is 36.3 Å². The van der Waals surface area contributed by atoms with Crippen molar-refractivity contribution in [3.8, 4) is 0 Å². The van der Waals surface area contributed by atoms with Crippen molar-refractivity contribution >= 4 is 21.4 Å². The number of nitrogens with zero attached hydrogens (tertiary/aromatic N) is 2. The van der Waals surface area contributed by atoms with Crippen LogP contribution in [0.1, 0.15) is 32.5 Å². The molecule has 1 aromatic heterocycles. The average Bonchev–Trinajstić information content (AvgIpc) is 2.97. The molecule has 2 aromatic rings. The van der Waals surface area contributed by atoms with Gasteiger partial charge in [-0.3, -0.25) is 4.31 Å². The molecule has 3 rings (SSSR count). The molecule has 6 nitrogen and oxygen atoms in total. The van der Waals surface area contributed by atoms with E-state index in [-0.39, 0.29) is 17.0 Å². The standard InChI is InChI=1S/C15H20N4O2S/c1-10(2)15-16-8-14(18-15)22(20,21)19-9-11(3)17-12-6-4-5-7-13(12)19/h4-8,10-11,17H,9H2,1-3H3,(H,16,18). The van der Waals surface area contributed by atoms with Gasteiger partial charge in [-0.25, -0.2) is 4.98 Å². The summed E-state index contributed by atoms with van der Waals surface area (Å²) >= 11 is 0. The molecule has 0 saturated carbocycles. The number of aromatic nitrogens is 2. The van der Waals surface area contributed by atoms with E-state index in [4.69, 9.17) is 0 Å². The second-order valence-corrected chi connectivity index (χ2v) is 7.72. The van der Waals surface area contributed by atoms with Crippen LogP contribution in [-0.4, -0.2) is 31.0 Å². The first kappa shape index (κ1) is 14.9. The molecule has 1 atom stereocenters. The minimum Gasteiger partial charge on any atom is -0.379 e. The van der Waals surface area contributed by atoms with Gasteiger partial charge < -0.3 is 10.3 Å². The highest BCUT2D eigenvalue weighted by atomic mass is 32.2. The zero-order valence-electron chi connectivity index (χ0n) is 12.9. The lowest BCUT2D eigenvalue weighted by Crippen LogP contribution is -2.43. The van der Waals surface area contributed by atoms with Gasteiger partial charge in [-0.15, -0.1) is 0 Å². The van der Waals surface area contributed by atoms with Gasteiger partial charge in [-0.1, -0.05) is 26.0 Å². The van der Waals surface area contributed by atoms with Crippen molar-refractivity contribution in [2.24, 2.45) is 0 Å². The van der Waals surface area contributed by atoms with Crippen molar-refractivity contribution in [2.45, 2.75) is 37.8 Å². The van der Waals surface area contributed by atoms with Crippen LogP contribution in [0, 0.1) is 0 Å². The van der Waals surface area contributed by atoms with E-state index in [1.54, 1.807) is 0 Å². The van der Waals surface area contributed by atoms with Gasteiger partial charge in [0, 0.05) is 12.0 Å². The third kappa shape index (κ3) is 2.45. The Balaban J connectivity index is 2.05. The van der Waals surface area contributed by atoms with Crippen molar-refractivity contribution in [2.75, 3.05) is 16.2 Å². The number of fused-ring (bicyclic) bond motifs is 1. The molecule has 2 N–H and O–H groups in total. The lowest BCUT2D eigenvalue weighted by Gasteiger charge is -2.34. The molecule has 1 aliphatic heterocycles. The second-order valence-electron chi connectivity index (χ2n) is 5.89. The maximum absolute atomic E-state index is 13.0. The normalized spacial score (nSPS) is 18.2. The van der Waals surface area contributed by atoms with Gasteiger partial charge >= 0.3 is 0 Å². The number of aromatic amines is 1. The van der Waals surface area contributed by atoms with Gasteiger partial charge in [-0.05, 0) is 19.1 Å². The number of anilines is 2. The van der Waals surface area contributed by atoms with Crippen LogP contribution in [0.4, 0.5) is 11.4 Å². The van der Waals surface area contributed by atoms with Crippen LogP contribution in [0.25, 0.3) is 0 Å². The minimum absolute atomic E-state index is 0.0390. The number of hydrogen-bond acceptors (Lipinski definition) is 4. The fraction of sp³-hybridized carbons (Fsp3) is 0.400. The van der Waals surface area contributed by atoms with E-state index < -0.39 is 10.0 Å². The van der Waals surface area contributed by atoms with Crippen molar-refractivity contribution < 1.29 is 8.42 Å². The molecule has 0 bridgehead atoms. The summed E-state index contributed by atoms with van der Waals surface area (Å²) in [5.41, 5.74) is 1.50. The number of benzene rings is 1. The topological polar surface area (TPSA) is 78.1 Å². The summed E-state index contributed by atoms with van der Waals surface area (Å²) in [7, 11) is -3.65. The van der Waals surface area contributed by atoms with E-state index in [2.05, 4.69) is 15.3 Å². The molecule has 118 valence electrons. The van der Waals surface area contributed by atoms with Crippen LogP contribution >= 0.6 is 0 Å². The maximum atomic E-state index is 13.0. The SMILES string of the molecule is CC1CN(S(=O)(=O)c2cnc(C(C)C)[nH]2)c2ccccc2N1. The highest BCUT2D eigenvalue weighted by Crippen LogP contribution is 2.34. The number of para-hydroxylation sites is 2. The van der Waals surface area contributed by atoms with Crippen LogP contribution in [0.15, 0.2) is 35.5 Å². The van der Waals surface area contributed by atoms with Crippen LogP contribution in [-0.2, 0) is 10.0 Å². The van der Waals surface area contributed by atoms with E-state index in [1.807, 2.05) is 45.0 Å². The summed E-state index contributed by atoms with van der Waals surface area (Å²) in [5.74, 6) is 0.827. The number of rotatable bonds is 3. The zero-order valence-corrected chi connectivity index (χ0v) is 13.7. The van der Waals surface area contributed by atoms with Crippen molar-refractivity contribution in [3.63, 3.8) is 0 Å².